The van der Waals surface area contributed by atoms with E-state index in [1.54, 1.807) is 0 Å². The van der Waals surface area contributed by atoms with Crippen LogP contribution < -0.4 is 0 Å². The summed E-state index contributed by atoms with van der Waals surface area (Å²) in [5, 5.41) is 9.59. The minimum absolute atomic E-state index is 0.436. The van der Waals surface area contributed by atoms with Gasteiger partial charge in [0.2, 0.25) is 0 Å². The molecule has 3 fully saturated rings. The third-order valence-corrected chi connectivity index (χ3v) is 2.45. The number of ether oxygens (including phenoxy) is 1. The number of fused-ring (bicyclic) bond motifs is 3. The molecule has 3 aliphatic rings. The van der Waals surface area contributed by atoms with Crippen molar-refractivity contribution in [3.8, 4) is 0 Å². The summed E-state index contributed by atoms with van der Waals surface area (Å²) in [4.78, 5) is 0. The first kappa shape index (κ1) is 5.69. The molecule has 2 heteroatoms. The van der Waals surface area contributed by atoms with Gasteiger partial charge >= 0.3 is 0 Å². The quantitative estimate of drug-likeness (QED) is 0.520. The van der Waals surface area contributed by atoms with Gasteiger partial charge in [-0.1, -0.05) is 0 Å². The van der Waals surface area contributed by atoms with Crippen molar-refractivity contribution >= 4 is 0 Å². The Morgan fingerprint density at radius 1 is 1.33 bits per heavy atom. The molecule has 0 unspecified atom stereocenters. The Morgan fingerprint density at radius 3 is 2.22 bits per heavy atom. The highest BCUT2D eigenvalue weighted by atomic mass is 16.5. The molecule has 0 spiro atoms. The van der Waals surface area contributed by atoms with E-state index in [2.05, 4.69) is 0 Å². The van der Waals surface area contributed by atoms with E-state index >= 15 is 0 Å². The molecule has 52 valence electrons. The predicted molar refractivity (Wildman–Crippen MR) is 33.2 cm³/mol. The van der Waals surface area contributed by atoms with Crippen molar-refractivity contribution in [2.24, 2.45) is 0 Å². The number of hydrogen-bond donors (Lipinski definition) is 1. The molecule has 0 radical (unpaired) electrons. The highest BCUT2D eigenvalue weighted by molar-refractivity contribution is 4.90. The van der Waals surface area contributed by atoms with Gasteiger partial charge in [-0.15, -0.1) is 0 Å². The van der Waals surface area contributed by atoms with Crippen LogP contribution in [0.5, 0.6) is 0 Å². The molecule has 1 saturated carbocycles. The van der Waals surface area contributed by atoms with Crippen LogP contribution in [0.2, 0.25) is 0 Å². The first-order chi connectivity index (χ1) is 4.29. The normalized spacial score (nSPS) is 49.7. The summed E-state index contributed by atoms with van der Waals surface area (Å²) in [5.74, 6) is 0. The first-order valence-electron chi connectivity index (χ1n) is 3.63. The maximum Gasteiger partial charge on any atom is 0.0882 e. The van der Waals surface area contributed by atoms with Crippen molar-refractivity contribution in [1.29, 1.82) is 0 Å². The minimum Gasteiger partial charge on any atom is -0.387 e. The summed E-state index contributed by atoms with van der Waals surface area (Å²) in [6.45, 7) is 0.581. The van der Waals surface area contributed by atoms with E-state index in [1.807, 2.05) is 0 Å². The smallest absolute Gasteiger partial charge is 0.0882 e. The minimum atomic E-state index is -0.436. The summed E-state index contributed by atoms with van der Waals surface area (Å²) in [5.41, 5.74) is -0.436. The van der Waals surface area contributed by atoms with Crippen molar-refractivity contribution in [2.45, 2.75) is 37.4 Å². The zero-order chi connectivity index (χ0) is 6.32. The Labute approximate surface area is 54.8 Å². The van der Waals surface area contributed by atoms with Crippen LogP contribution in [0.1, 0.15) is 25.7 Å². The largest absolute Gasteiger partial charge is 0.387 e. The summed E-state index contributed by atoms with van der Waals surface area (Å²) < 4.78 is 5.33. The van der Waals surface area contributed by atoms with Crippen LogP contribution in [-0.2, 0) is 4.74 Å². The van der Waals surface area contributed by atoms with Crippen LogP contribution in [0.3, 0.4) is 0 Å². The molecule has 0 aromatic carbocycles. The van der Waals surface area contributed by atoms with Gasteiger partial charge in [-0.05, 0) is 25.7 Å². The Morgan fingerprint density at radius 2 is 2.00 bits per heavy atom. The van der Waals surface area contributed by atoms with E-state index in [4.69, 9.17) is 4.74 Å². The van der Waals surface area contributed by atoms with Crippen LogP contribution in [-0.4, -0.2) is 23.4 Å². The summed E-state index contributed by atoms with van der Waals surface area (Å²) >= 11 is 0. The second-order valence-corrected chi connectivity index (χ2v) is 3.23. The summed E-state index contributed by atoms with van der Waals surface area (Å²) in [6, 6.07) is 0. The molecule has 3 rings (SSSR count). The van der Waals surface area contributed by atoms with Crippen LogP contribution in [0.15, 0.2) is 0 Å². The number of rotatable bonds is 0. The van der Waals surface area contributed by atoms with Crippen molar-refractivity contribution in [1.82, 2.24) is 0 Å². The second-order valence-electron chi connectivity index (χ2n) is 3.23. The van der Waals surface area contributed by atoms with Gasteiger partial charge in [-0.25, -0.2) is 0 Å². The summed E-state index contributed by atoms with van der Waals surface area (Å²) in [7, 11) is 0. The maximum atomic E-state index is 9.59. The highest BCUT2D eigenvalue weighted by Gasteiger charge is 2.39. The molecule has 0 aromatic heterocycles. The average Bonchev–Trinajstić information content (AvgIpc) is 1.90. The molecule has 0 amide bonds. The molecule has 2 heterocycles. The summed E-state index contributed by atoms with van der Waals surface area (Å²) in [6.07, 6.45) is 4.52. The molecule has 2 saturated heterocycles. The van der Waals surface area contributed by atoms with Crippen molar-refractivity contribution in [3.63, 3.8) is 0 Å². The molecule has 0 aromatic rings. The van der Waals surface area contributed by atoms with Gasteiger partial charge in [0.05, 0.1) is 18.3 Å². The first-order valence-corrected chi connectivity index (χ1v) is 3.63. The molecular formula is C7H12O2. The molecule has 2 nitrogen and oxygen atoms in total. The molecule has 0 atom stereocenters. The maximum absolute atomic E-state index is 9.59. The zero-order valence-corrected chi connectivity index (χ0v) is 5.47. The lowest BCUT2D eigenvalue weighted by Crippen LogP contribution is -2.47. The van der Waals surface area contributed by atoms with E-state index in [0.29, 0.717) is 12.7 Å². The van der Waals surface area contributed by atoms with Gasteiger partial charge in [-0.2, -0.15) is 0 Å². The fourth-order valence-corrected chi connectivity index (χ4v) is 1.71. The monoisotopic (exact) mass is 128 g/mol. The lowest BCUT2D eigenvalue weighted by molar-refractivity contribution is -0.164. The van der Waals surface area contributed by atoms with E-state index < -0.39 is 5.60 Å². The Hall–Kier alpha value is -0.0800. The highest BCUT2D eigenvalue weighted by Crippen LogP contribution is 2.35. The third-order valence-electron chi connectivity index (χ3n) is 2.45. The van der Waals surface area contributed by atoms with Gasteiger partial charge in [0.15, 0.2) is 0 Å². The van der Waals surface area contributed by atoms with Gasteiger partial charge in [-0.3, -0.25) is 0 Å². The zero-order valence-electron chi connectivity index (χ0n) is 5.47. The number of aliphatic hydroxyl groups is 1. The predicted octanol–water partition coefficient (Wildman–Crippen LogP) is 0.690. The van der Waals surface area contributed by atoms with E-state index in [9.17, 15) is 5.11 Å². The fraction of sp³-hybridized carbons (Fsp3) is 1.00. The molecule has 2 aliphatic heterocycles. The standard InChI is InChI=1S/C7H12O2/c8-7-3-1-6(2-4-7)9-5-7/h6,8H,1-5H2. The fourth-order valence-electron chi connectivity index (χ4n) is 1.71. The topological polar surface area (TPSA) is 29.5 Å². The molecule has 1 N–H and O–H groups in total. The van der Waals surface area contributed by atoms with E-state index in [-0.39, 0.29) is 0 Å². The molecular weight excluding hydrogens is 116 g/mol. The Kier molecular flexibility index (Phi) is 1.08. The lowest BCUT2D eigenvalue weighted by Gasteiger charge is -2.42. The average molecular weight is 128 g/mol. The van der Waals surface area contributed by atoms with Crippen LogP contribution in [0, 0.1) is 0 Å². The third kappa shape index (κ3) is 0.864. The molecule has 1 aliphatic carbocycles. The lowest BCUT2D eigenvalue weighted by atomic mass is 9.81. The van der Waals surface area contributed by atoms with Gasteiger partial charge in [0, 0.05) is 0 Å². The van der Waals surface area contributed by atoms with E-state index in [0.717, 1.165) is 25.7 Å². The molecule has 2 bridgehead atoms. The molecule has 9 heavy (non-hydrogen) atoms. The van der Waals surface area contributed by atoms with Crippen LogP contribution >= 0.6 is 0 Å². The van der Waals surface area contributed by atoms with Crippen LogP contribution in [0.25, 0.3) is 0 Å². The number of hydrogen-bond acceptors (Lipinski definition) is 2. The van der Waals surface area contributed by atoms with Gasteiger partial charge in [0.25, 0.3) is 0 Å². The Bertz CT molecular complexity index is 100. The van der Waals surface area contributed by atoms with E-state index in [1.165, 1.54) is 0 Å². The van der Waals surface area contributed by atoms with Gasteiger partial charge in [0.1, 0.15) is 0 Å². The Balaban J connectivity index is 2.11. The van der Waals surface area contributed by atoms with Crippen molar-refractivity contribution in [2.75, 3.05) is 6.61 Å². The van der Waals surface area contributed by atoms with Gasteiger partial charge < -0.3 is 9.84 Å². The SMILES string of the molecule is OC12CCC(CC1)OC2. The van der Waals surface area contributed by atoms with Crippen molar-refractivity contribution < 1.29 is 9.84 Å². The van der Waals surface area contributed by atoms with Crippen molar-refractivity contribution in [3.05, 3.63) is 0 Å². The van der Waals surface area contributed by atoms with Crippen LogP contribution in [0.4, 0.5) is 0 Å². The second kappa shape index (κ2) is 1.70.